The van der Waals surface area contributed by atoms with Crippen molar-refractivity contribution < 1.29 is 9.21 Å². The third kappa shape index (κ3) is 2.87. The summed E-state index contributed by atoms with van der Waals surface area (Å²) in [6.07, 6.45) is 5.44. The zero-order valence-electron chi connectivity index (χ0n) is 11.0. The van der Waals surface area contributed by atoms with Gasteiger partial charge in [0.15, 0.2) is 0 Å². The summed E-state index contributed by atoms with van der Waals surface area (Å²) in [5.74, 6) is 1.08. The highest BCUT2D eigenvalue weighted by Gasteiger charge is 2.18. The van der Waals surface area contributed by atoms with Gasteiger partial charge in [-0.15, -0.1) is 0 Å². The molecular formula is C16H19NO2. The number of Topliss-reactive ketones (excluding diaryl/α,β-unsaturated/α-hetero) is 1. The van der Waals surface area contributed by atoms with Crippen LogP contribution in [0.5, 0.6) is 0 Å². The smallest absolute Gasteiger partial charge is 0.134 e. The number of carbonyl (C=O) groups excluding carboxylic acids is 1. The minimum absolute atomic E-state index is 0.428. The number of fused-ring (bicyclic) bond motifs is 1. The van der Waals surface area contributed by atoms with E-state index in [2.05, 4.69) is 11.4 Å². The SMILES string of the molecule is O=C1CCC(CNCc2coc3ccccc23)CC1. The van der Waals surface area contributed by atoms with E-state index in [9.17, 15) is 4.79 Å². The number of carbonyl (C=O) groups is 1. The van der Waals surface area contributed by atoms with Gasteiger partial charge in [-0.05, 0) is 31.4 Å². The molecule has 0 radical (unpaired) electrons. The van der Waals surface area contributed by atoms with E-state index < -0.39 is 0 Å². The van der Waals surface area contributed by atoms with Crippen LogP contribution >= 0.6 is 0 Å². The molecule has 2 aromatic rings. The quantitative estimate of drug-likeness (QED) is 0.914. The Morgan fingerprint density at radius 3 is 2.84 bits per heavy atom. The van der Waals surface area contributed by atoms with E-state index >= 15 is 0 Å². The first-order valence-corrected chi connectivity index (χ1v) is 7.00. The molecule has 0 spiro atoms. The predicted octanol–water partition coefficient (Wildman–Crippen LogP) is 3.28. The number of hydrogen-bond donors (Lipinski definition) is 1. The molecule has 1 aromatic heterocycles. The van der Waals surface area contributed by atoms with Gasteiger partial charge >= 0.3 is 0 Å². The maximum atomic E-state index is 11.2. The van der Waals surface area contributed by atoms with Gasteiger partial charge in [0.05, 0.1) is 6.26 Å². The number of ketones is 1. The molecule has 1 aliphatic carbocycles. The summed E-state index contributed by atoms with van der Waals surface area (Å²) in [6.45, 7) is 1.83. The molecule has 0 saturated heterocycles. The lowest BCUT2D eigenvalue weighted by atomic mass is 9.88. The largest absolute Gasteiger partial charge is 0.464 e. The van der Waals surface area contributed by atoms with Crippen LogP contribution in [0, 0.1) is 5.92 Å². The van der Waals surface area contributed by atoms with Crippen molar-refractivity contribution in [1.82, 2.24) is 5.32 Å². The molecule has 3 heteroatoms. The molecule has 19 heavy (non-hydrogen) atoms. The molecule has 1 saturated carbocycles. The minimum Gasteiger partial charge on any atom is -0.464 e. The van der Waals surface area contributed by atoms with Crippen molar-refractivity contribution in [1.29, 1.82) is 0 Å². The number of furan rings is 1. The molecule has 1 aliphatic rings. The molecule has 0 bridgehead atoms. The lowest BCUT2D eigenvalue weighted by Crippen LogP contribution is -2.26. The highest BCUT2D eigenvalue weighted by molar-refractivity contribution is 5.80. The van der Waals surface area contributed by atoms with E-state index in [1.807, 2.05) is 24.5 Å². The summed E-state index contributed by atoms with van der Waals surface area (Å²) in [7, 11) is 0. The fourth-order valence-corrected chi connectivity index (χ4v) is 2.78. The third-order valence-corrected chi connectivity index (χ3v) is 3.97. The first-order valence-electron chi connectivity index (χ1n) is 7.00. The van der Waals surface area contributed by atoms with E-state index in [1.165, 1.54) is 10.9 Å². The second kappa shape index (κ2) is 5.57. The first-order chi connectivity index (χ1) is 9.33. The van der Waals surface area contributed by atoms with Gasteiger partial charge in [-0.1, -0.05) is 18.2 Å². The van der Waals surface area contributed by atoms with Crippen molar-refractivity contribution in [2.45, 2.75) is 32.2 Å². The molecule has 0 aliphatic heterocycles. The molecule has 3 nitrogen and oxygen atoms in total. The Balaban J connectivity index is 1.53. The van der Waals surface area contributed by atoms with E-state index in [1.54, 1.807) is 0 Å². The molecule has 0 amide bonds. The molecular weight excluding hydrogens is 238 g/mol. The molecule has 0 atom stereocenters. The van der Waals surface area contributed by atoms with Gasteiger partial charge in [-0.3, -0.25) is 4.79 Å². The van der Waals surface area contributed by atoms with Gasteiger partial charge in [-0.2, -0.15) is 0 Å². The topological polar surface area (TPSA) is 42.2 Å². The summed E-state index contributed by atoms with van der Waals surface area (Å²) in [5, 5.41) is 4.68. The van der Waals surface area contributed by atoms with E-state index in [0.717, 1.165) is 44.4 Å². The first kappa shape index (κ1) is 12.4. The predicted molar refractivity (Wildman–Crippen MR) is 74.9 cm³/mol. The Hall–Kier alpha value is -1.61. The standard InChI is InChI=1S/C16H19NO2/c18-14-7-5-12(6-8-14)9-17-10-13-11-19-16-4-2-1-3-15(13)16/h1-4,11-12,17H,5-10H2. The summed E-state index contributed by atoms with van der Waals surface area (Å²) in [6, 6.07) is 8.11. The van der Waals surface area contributed by atoms with Gasteiger partial charge < -0.3 is 9.73 Å². The number of hydrogen-bond acceptors (Lipinski definition) is 3. The summed E-state index contributed by atoms with van der Waals surface area (Å²) in [4.78, 5) is 11.2. The van der Waals surface area contributed by atoms with E-state index in [4.69, 9.17) is 4.42 Å². The average molecular weight is 257 g/mol. The van der Waals surface area contributed by atoms with Crippen molar-refractivity contribution in [3.05, 3.63) is 36.1 Å². The second-order valence-corrected chi connectivity index (χ2v) is 5.37. The van der Waals surface area contributed by atoms with Crippen LogP contribution in [0.3, 0.4) is 0 Å². The van der Waals surface area contributed by atoms with Crippen molar-refractivity contribution in [2.75, 3.05) is 6.54 Å². The monoisotopic (exact) mass is 257 g/mol. The molecule has 1 aromatic carbocycles. The Labute approximate surface area is 113 Å². The zero-order chi connectivity index (χ0) is 13.1. The molecule has 1 heterocycles. The summed E-state index contributed by atoms with van der Waals surface area (Å²) < 4.78 is 5.52. The van der Waals surface area contributed by atoms with Crippen LogP contribution in [0.15, 0.2) is 34.9 Å². The Morgan fingerprint density at radius 1 is 1.21 bits per heavy atom. The molecule has 1 N–H and O–H groups in total. The van der Waals surface area contributed by atoms with Gasteiger partial charge in [0, 0.05) is 30.3 Å². The maximum absolute atomic E-state index is 11.2. The van der Waals surface area contributed by atoms with Crippen LogP contribution < -0.4 is 5.32 Å². The Bertz CT molecular complexity index is 563. The highest BCUT2D eigenvalue weighted by Crippen LogP contribution is 2.22. The van der Waals surface area contributed by atoms with Crippen LogP contribution in [0.25, 0.3) is 11.0 Å². The van der Waals surface area contributed by atoms with Crippen molar-refractivity contribution in [2.24, 2.45) is 5.92 Å². The normalized spacial score (nSPS) is 17.2. The van der Waals surface area contributed by atoms with Crippen LogP contribution in [-0.4, -0.2) is 12.3 Å². The van der Waals surface area contributed by atoms with Crippen LogP contribution in [0.4, 0.5) is 0 Å². The fraction of sp³-hybridized carbons (Fsp3) is 0.438. The highest BCUT2D eigenvalue weighted by atomic mass is 16.3. The maximum Gasteiger partial charge on any atom is 0.134 e. The average Bonchev–Trinajstić information content (AvgIpc) is 2.85. The fourth-order valence-electron chi connectivity index (χ4n) is 2.78. The zero-order valence-corrected chi connectivity index (χ0v) is 11.0. The second-order valence-electron chi connectivity index (χ2n) is 5.37. The lowest BCUT2D eigenvalue weighted by Gasteiger charge is -2.21. The van der Waals surface area contributed by atoms with Crippen LogP contribution in [0.2, 0.25) is 0 Å². The van der Waals surface area contributed by atoms with Gasteiger partial charge in [0.1, 0.15) is 11.4 Å². The molecule has 100 valence electrons. The van der Waals surface area contributed by atoms with Crippen LogP contribution in [0.1, 0.15) is 31.2 Å². The van der Waals surface area contributed by atoms with Gasteiger partial charge in [-0.25, -0.2) is 0 Å². The number of rotatable bonds is 4. The summed E-state index contributed by atoms with van der Waals surface area (Å²) in [5.41, 5.74) is 2.16. The Morgan fingerprint density at radius 2 is 2.00 bits per heavy atom. The van der Waals surface area contributed by atoms with Gasteiger partial charge in [0.2, 0.25) is 0 Å². The molecule has 3 rings (SSSR count). The third-order valence-electron chi connectivity index (χ3n) is 3.97. The molecule has 0 unspecified atom stereocenters. The van der Waals surface area contributed by atoms with E-state index in [0.29, 0.717) is 11.7 Å². The van der Waals surface area contributed by atoms with Crippen molar-refractivity contribution in [3.63, 3.8) is 0 Å². The number of nitrogens with one attached hydrogen (secondary N) is 1. The van der Waals surface area contributed by atoms with Crippen molar-refractivity contribution >= 4 is 16.8 Å². The minimum atomic E-state index is 0.428. The van der Waals surface area contributed by atoms with Crippen LogP contribution in [-0.2, 0) is 11.3 Å². The van der Waals surface area contributed by atoms with Gasteiger partial charge in [0.25, 0.3) is 0 Å². The number of benzene rings is 1. The van der Waals surface area contributed by atoms with Crippen molar-refractivity contribution in [3.8, 4) is 0 Å². The lowest BCUT2D eigenvalue weighted by molar-refractivity contribution is -0.120. The Kier molecular flexibility index (Phi) is 3.65. The van der Waals surface area contributed by atoms with E-state index in [-0.39, 0.29) is 0 Å². The summed E-state index contributed by atoms with van der Waals surface area (Å²) >= 11 is 0. The number of para-hydroxylation sites is 1. The molecule has 1 fully saturated rings.